The molecule has 7 nitrogen and oxygen atoms in total. The molecule has 0 fully saturated rings. The molecular formula is C20H13ClFN5O2S. The molecule has 1 aromatic carbocycles. The highest BCUT2D eigenvalue weighted by Crippen LogP contribution is 2.30. The number of hydrogen-bond acceptors (Lipinski definition) is 6. The average Bonchev–Trinajstić information content (AvgIpc) is 3.30. The van der Waals surface area contributed by atoms with Crippen LogP contribution in [0.25, 0.3) is 21.5 Å². The van der Waals surface area contributed by atoms with E-state index in [-0.39, 0.29) is 4.88 Å². The summed E-state index contributed by atoms with van der Waals surface area (Å²) in [6.45, 7) is 0.948. The smallest absolute Gasteiger partial charge is 0.348 e. The van der Waals surface area contributed by atoms with Gasteiger partial charge in [-0.25, -0.2) is 19.2 Å². The minimum absolute atomic E-state index is 0.361. The minimum Gasteiger partial charge on any atom is -0.477 e. The number of rotatable bonds is 6. The summed E-state index contributed by atoms with van der Waals surface area (Å²) in [6, 6.07) is 12.2. The van der Waals surface area contributed by atoms with Crippen molar-refractivity contribution in [2.75, 3.05) is 11.9 Å². The van der Waals surface area contributed by atoms with Gasteiger partial charge in [0, 0.05) is 29.6 Å². The highest BCUT2D eigenvalue weighted by Gasteiger charge is 2.17. The van der Waals surface area contributed by atoms with Gasteiger partial charge in [-0.2, -0.15) is 5.26 Å². The number of anilines is 1. The summed E-state index contributed by atoms with van der Waals surface area (Å²) in [7, 11) is 0. The van der Waals surface area contributed by atoms with Crippen LogP contribution >= 0.6 is 22.9 Å². The topological polar surface area (TPSA) is 104 Å². The number of nitriles is 1. The summed E-state index contributed by atoms with van der Waals surface area (Å²) in [4.78, 5) is 19.3. The van der Waals surface area contributed by atoms with Crippen molar-refractivity contribution in [1.29, 1.82) is 5.26 Å². The van der Waals surface area contributed by atoms with Crippen LogP contribution in [0.3, 0.4) is 0 Å². The Labute approximate surface area is 179 Å². The van der Waals surface area contributed by atoms with E-state index in [9.17, 15) is 14.4 Å². The molecule has 0 atom stereocenters. The van der Waals surface area contributed by atoms with Crippen molar-refractivity contribution in [3.8, 4) is 16.6 Å². The van der Waals surface area contributed by atoms with E-state index in [0.29, 0.717) is 40.2 Å². The number of carboxylic acid groups (broad SMARTS) is 1. The lowest BCUT2D eigenvalue weighted by Gasteiger charge is -2.10. The third-order valence-electron chi connectivity index (χ3n) is 4.45. The molecule has 4 aromatic rings. The number of nitrogens with one attached hydrogen (secondary N) is 1. The monoisotopic (exact) mass is 441 g/mol. The highest BCUT2D eigenvalue weighted by atomic mass is 35.5. The van der Waals surface area contributed by atoms with E-state index in [1.54, 1.807) is 18.2 Å². The largest absolute Gasteiger partial charge is 0.477 e. The average molecular weight is 442 g/mol. The maximum absolute atomic E-state index is 13.8. The Bertz CT molecular complexity index is 1310. The fourth-order valence-electron chi connectivity index (χ4n) is 3.11. The maximum atomic E-state index is 13.8. The quantitative estimate of drug-likeness (QED) is 0.452. The van der Waals surface area contributed by atoms with E-state index >= 15 is 0 Å². The number of fused-ring (bicyclic) bond motifs is 1. The second kappa shape index (κ2) is 8.10. The lowest BCUT2D eigenvalue weighted by molar-refractivity contribution is 0.0697. The molecule has 0 amide bonds. The van der Waals surface area contributed by atoms with Gasteiger partial charge in [0.05, 0.1) is 16.1 Å². The Morgan fingerprint density at radius 2 is 2.17 bits per heavy atom. The van der Waals surface area contributed by atoms with Crippen molar-refractivity contribution < 1.29 is 14.3 Å². The second-order valence-electron chi connectivity index (χ2n) is 6.27. The van der Waals surface area contributed by atoms with Crippen LogP contribution in [-0.4, -0.2) is 32.2 Å². The van der Waals surface area contributed by atoms with E-state index in [2.05, 4.69) is 21.4 Å². The first-order valence-corrected chi connectivity index (χ1v) is 9.94. The zero-order valence-corrected chi connectivity index (χ0v) is 16.8. The molecule has 0 saturated heterocycles. The Morgan fingerprint density at radius 3 is 2.90 bits per heavy atom. The summed E-state index contributed by atoms with van der Waals surface area (Å²) >= 11 is 7.03. The van der Waals surface area contributed by atoms with Gasteiger partial charge in [0.2, 0.25) is 0 Å². The molecule has 0 aliphatic rings. The molecule has 0 bridgehead atoms. The normalized spacial score (nSPS) is 10.8. The first-order valence-electron chi connectivity index (χ1n) is 8.74. The van der Waals surface area contributed by atoms with Crippen molar-refractivity contribution in [1.82, 2.24) is 14.5 Å². The zero-order chi connectivity index (χ0) is 21.3. The molecule has 150 valence electrons. The molecule has 0 spiro atoms. The van der Waals surface area contributed by atoms with Crippen molar-refractivity contribution in [3.05, 3.63) is 64.1 Å². The SMILES string of the molecule is N#Cc1cc2c(Cl)cccc2n1CCNc1cc(-c2cc(F)c(C(=O)O)s2)ncn1. The second-order valence-corrected chi connectivity index (χ2v) is 7.73. The van der Waals surface area contributed by atoms with Gasteiger partial charge in [-0.05, 0) is 24.3 Å². The lowest BCUT2D eigenvalue weighted by Crippen LogP contribution is -2.12. The van der Waals surface area contributed by atoms with Crippen LogP contribution in [0.1, 0.15) is 15.4 Å². The van der Waals surface area contributed by atoms with Crippen LogP contribution in [0.5, 0.6) is 0 Å². The van der Waals surface area contributed by atoms with Gasteiger partial charge in [-0.3, -0.25) is 0 Å². The molecule has 30 heavy (non-hydrogen) atoms. The molecule has 2 N–H and O–H groups in total. The number of aromatic nitrogens is 3. The van der Waals surface area contributed by atoms with E-state index in [1.165, 1.54) is 6.33 Å². The van der Waals surface area contributed by atoms with Crippen LogP contribution in [-0.2, 0) is 6.54 Å². The van der Waals surface area contributed by atoms with Gasteiger partial charge in [0.1, 0.15) is 34.6 Å². The fourth-order valence-corrected chi connectivity index (χ4v) is 4.17. The molecule has 3 aromatic heterocycles. The summed E-state index contributed by atoms with van der Waals surface area (Å²) in [5.74, 6) is -1.61. The Kier molecular flexibility index (Phi) is 5.35. The number of hydrogen-bond donors (Lipinski definition) is 2. The molecule has 4 rings (SSSR count). The fraction of sp³-hybridized carbons (Fsp3) is 0.100. The molecule has 0 saturated carbocycles. The molecule has 0 aliphatic heterocycles. The Hall–Kier alpha value is -3.48. The predicted octanol–water partition coefficient (Wildman–Crippen LogP) is 4.63. The molecule has 10 heteroatoms. The van der Waals surface area contributed by atoms with Gasteiger partial charge in [0.15, 0.2) is 0 Å². The number of nitrogens with zero attached hydrogens (tertiary/aromatic N) is 4. The number of halogens is 2. The van der Waals surface area contributed by atoms with Crippen molar-refractivity contribution in [2.24, 2.45) is 0 Å². The van der Waals surface area contributed by atoms with Crippen molar-refractivity contribution in [2.45, 2.75) is 6.54 Å². The van der Waals surface area contributed by atoms with Crippen LogP contribution in [0.2, 0.25) is 5.02 Å². The number of aromatic carboxylic acids is 1. The van der Waals surface area contributed by atoms with Crippen LogP contribution in [0.15, 0.2) is 42.7 Å². The Morgan fingerprint density at radius 1 is 1.33 bits per heavy atom. The van der Waals surface area contributed by atoms with Gasteiger partial charge in [-0.1, -0.05) is 17.7 Å². The summed E-state index contributed by atoms with van der Waals surface area (Å²) < 4.78 is 15.6. The van der Waals surface area contributed by atoms with E-state index in [0.717, 1.165) is 28.3 Å². The number of carbonyl (C=O) groups is 1. The summed E-state index contributed by atoms with van der Waals surface area (Å²) in [5, 5.41) is 23.0. The standard InChI is InChI=1S/C20H13ClFN5O2S/c21-13-2-1-3-16-12(13)6-11(9-23)27(16)5-4-24-18-8-15(25-10-26-18)17-7-14(22)19(30-17)20(28)29/h1-3,6-8,10H,4-5H2,(H,28,29)(H,24,25,26). The highest BCUT2D eigenvalue weighted by molar-refractivity contribution is 7.17. The van der Waals surface area contributed by atoms with Gasteiger partial charge < -0.3 is 15.0 Å². The zero-order valence-electron chi connectivity index (χ0n) is 15.3. The molecule has 0 aliphatic carbocycles. The maximum Gasteiger partial charge on any atom is 0.348 e. The van der Waals surface area contributed by atoms with Crippen LogP contribution in [0.4, 0.5) is 10.2 Å². The van der Waals surface area contributed by atoms with Gasteiger partial charge >= 0.3 is 5.97 Å². The third kappa shape index (κ3) is 3.70. The molecule has 0 unspecified atom stereocenters. The molecular weight excluding hydrogens is 429 g/mol. The number of carboxylic acids is 1. The van der Waals surface area contributed by atoms with Gasteiger partial charge in [0.25, 0.3) is 0 Å². The summed E-state index contributed by atoms with van der Waals surface area (Å²) in [5.41, 5.74) is 1.78. The predicted molar refractivity (Wildman–Crippen MR) is 112 cm³/mol. The van der Waals surface area contributed by atoms with Crippen LogP contribution in [0, 0.1) is 17.1 Å². The van der Waals surface area contributed by atoms with Crippen molar-refractivity contribution >= 4 is 45.6 Å². The van der Waals surface area contributed by atoms with Crippen LogP contribution < -0.4 is 5.32 Å². The van der Waals surface area contributed by atoms with E-state index < -0.39 is 11.8 Å². The molecule has 3 heterocycles. The number of benzene rings is 1. The van der Waals surface area contributed by atoms with Gasteiger partial charge in [-0.15, -0.1) is 11.3 Å². The van der Waals surface area contributed by atoms with Crippen molar-refractivity contribution in [3.63, 3.8) is 0 Å². The summed E-state index contributed by atoms with van der Waals surface area (Å²) in [6.07, 6.45) is 1.32. The first kappa shape index (κ1) is 19.8. The molecule has 0 radical (unpaired) electrons. The minimum atomic E-state index is -1.32. The Balaban J connectivity index is 1.52. The first-order chi connectivity index (χ1) is 14.5. The van der Waals surface area contributed by atoms with E-state index in [4.69, 9.17) is 16.7 Å². The third-order valence-corrected chi connectivity index (χ3v) is 5.90. The number of thiophene rings is 1. The van der Waals surface area contributed by atoms with E-state index in [1.807, 2.05) is 16.7 Å². The lowest BCUT2D eigenvalue weighted by atomic mass is 10.2.